The van der Waals surface area contributed by atoms with Gasteiger partial charge in [0.15, 0.2) is 0 Å². The maximum Gasteiger partial charge on any atom is 0.261 e. The van der Waals surface area contributed by atoms with Crippen molar-refractivity contribution in [1.82, 2.24) is 4.98 Å². The standard InChI is InChI=1S/C26H26N4O2/c1-4-19-9-6-8-17(3)30(19)20-11-12-22(18(13-20)14-27)29-26(32)21-15-28-23-10-5-7-16(2)24(23)25(21)31/h5,7,10-13,15,19H,3-4,6,8-9H2,1-2H3,(H,28,31)(H,29,32). The molecule has 0 bridgehead atoms. The third-order valence-corrected chi connectivity index (χ3v) is 6.19. The highest BCUT2D eigenvalue weighted by atomic mass is 16.2. The molecule has 1 saturated heterocycles. The Balaban J connectivity index is 1.66. The number of nitrogens with one attached hydrogen (secondary N) is 2. The van der Waals surface area contributed by atoms with E-state index in [1.165, 1.54) is 6.20 Å². The van der Waals surface area contributed by atoms with E-state index in [1.54, 1.807) is 18.2 Å². The summed E-state index contributed by atoms with van der Waals surface area (Å²) in [5.41, 5.74) is 3.82. The Morgan fingerprint density at radius 3 is 2.91 bits per heavy atom. The van der Waals surface area contributed by atoms with Crippen LogP contribution in [0.25, 0.3) is 10.9 Å². The van der Waals surface area contributed by atoms with Crippen LogP contribution in [0.2, 0.25) is 0 Å². The molecule has 4 rings (SSSR count). The lowest BCUT2D eigenvalue weighted by atomic mass is 9.96. The van der Waals surface area contributed by atoms with Crippen LogP contribution in [0.1, 0.15) is 54.1 Å². The molecular weight excluding hydrogens is 400 g/mol. The molecule has 0 aliphatic carbocycles. The first-order chi connectivity index (χ1) is 15.4. The van der Waals surface area contributed by atoms with E-state index in [0.717, 1.165) is 42.6 Å². The molecule has 0 saturated carbocycles. The first-order valence-electron chi connectivity index (χ1n) is 10.9. The average Bonchev–Trinajstić information content (AvgIpc) is 2.79. The summed E-state index contributed by atoms with van der Waals surface area (Å²) < 4.78 is 0. The normalized spacial score (nSPS) is 16.1. The summed E-state index contributed by atoms with van der Waals surface area (Å²) in [6.07, 6.45) is 5.54. The topological polar surface area (TPSA) is 89.0 Å². The molecule has 6 nitrogen and oxygen atoms in total. The fourth-order valence-corrected chi connectivity index (χ4v) is 4.51. The minimum atomic E-state index is -0.547. The Morgan fingerprint density at radius 2 is 2.16 bits per heavy atom. The van der Waals surface area contributed by atoms with E-state index < -0.39 is 5.91 Å². The predicted octanol–water partition coefficient (Wildman–Crippen LogP) is 5.24. The molecule has 2 heterocycles. The van der Waals surface area contributed by atoms with Crippen LogP contribution in [-0.2, 0) is 0 Å². The van der Waals surface area contributed by atoms with Crippen LogP contribution >= 0.6 is 0 Å². The molecule has 1 unspecified atom stereocenters. The first-order valence-corrected chi connectivity index (χ1v) is 10.9. The molecule has 1 aromatic heterocycles. The number of carbonyl (C=O) groups is 1. The third kappa shape index (κ3) is 3.78. The van der Waals surface area contributed by atoms with E-state index in [-0.39, 0.29) is 11.0 Å². The lowest BCUT2D eigenvalue weighted by Crippen LogP contribution is -2.37. The number of nitriles is 1. The average molecular weight is 427 g/mol. The number of piperidine rings is 1. The smallest absolute Gasteiger partial charge is 0.261 e. The Morgan fingerprint density at radius 1 is 1.34 bits per heavy atom. The monoisotopic (exact) mass is 426 g/mol. The van der Waals surface area contributed by atoms with Crippen molar-refractivity contribution in [2.24, 2.45) is 0 Å². The molecule has 0 radical (unpaired) electrons. The molecule has 1 amide bonds. The summed E-state index contributed by atoms with van der Waals surface area (Å²) in [5.74, 6) is -0.547. The number of hydrogen-bond donors (Lipinski definition) is 2. The number of amides is 1. The number of benzene rings is 2. The molecule has 2 N–H and O–H groups in total. The Labute approximate surface area is 187 Å². The van der Waals surface area contributed by atoms with Crippen molar-refractivity contribution in [3.63, 3.8) is 0 Å². The van der Waals surface area contributed by atoms with E-state index in [0.29, 0.717) is 28.2 Å². The summed E-state index contributed by atoms with van der Waals surface area (Å²) in [7, 11) is 0. The number of pyridine rings is 1. The Bertz CT molecular complexity index is 1320. The van der Waals surface area contributed by atoms with E-state index in [1.807, 2.05) is 25.1 Å². The van der Waals surface area contributed by atoms with Crippen LogP contribution in [0, 0.1) is 18.3 Å². The van der Waals surface area contributed by atoms with Gasteiger partial charge in [0.1, 0.15) is 11.6 Å². The largest absolute Gasteiger partial charge is 0.360 e. The van der Waals surface area contributed by atoms with Gasteiger partial charge in [0.05, 0.1) is 11.3 Å². The number of rotatable bonds is 4. The van der Waals surface area contributed by atoms with Crippen LogP contribution in [0.5, 0.6) is 0 Å². The number of nitrogens with zero attached hydrogens (tertiary/aromatic N) is 2. The highest BCUT2D eigenvalue weighted by molar-refractivity contribution is 6.06. The maximum absolute atomic E-state index is 12.9. The number of H-pyrrole nitrogens is 1. The van der Waals surface area contributed by atoms with E-state index in [2.05, 4.69) is 34.8 Å². The minimum Gasteiger partial charge on any atom is -0.360 e. The van der Waals surface area contributed by atoms with Gasteiger partial charge in [-0.2, -0.15) is 5.26 Å². The highest BCUT2D eigenvalue weighted by Crippen LogP contribution is 2.34. The highest BCUT2D eigenvalue weighted by Gasteiger charge is 2.25. The Kier molecular flexibility index (Phi) is 5.83. The molecule has 32 heavy (non-hydrogen) atoms. The summed E-state index contributed by atoms with van der Waals surface area (Å²) in [6.45, 7) is 8.20. The van der Waals surface area contributed by atoms with Gasteiger partial charge >= 0.3 is 0 Å². The van der Waals surface area contributed by atoms with Crippen molar-refractivity contribution in [3.05, 3.63) is 81.8 Å². The number of aromatic nitrogens is 1. The van der Waals surface area contributed by atoms with Crippen molar-refractivity contribution >= 4 is 28.2 Å². The second-order valence-electron chi connectivity index (χ2n) is 8.22. The number of fused-ring (bicyclic) bond motifs is 1. The van der Waals surface area contributed by atoms with Gasteiger partial charge in [0.25, 0.3) is 5.91 Å². The zero-order valence-corrected chi connectivity index (χ0v) is 18.4. The molecule has 0 spiro atoms. The van der Waals surface area contributed by atoms with Crippen LogP contribution in [0.4, 0.5) is 11.4 Å². The van der Waals surface area contributed by atoms with E-state index >= 15 is 0 Å². The molecule has 1 aliphatic heterocycles. The summed E-state index contributed by atoms with van der Waals surface area (Å²) in [5, 5.41) is 13.0. The maximum atomic E-state index is 12.9. The number of carbonyl (C=O) groups excluding carboxylic acids is 1. The van der Waals surface area contributed by atoms with Crippen molar-refractivity contribution in [3.8, 4) is 6.07 Å². The molecule has 1 aliphatic rings. The minimum absolute atomic E-state index is 0.00946. The van der Waals surface area contributed by atoms with Crippen LogP contribution in [0.3, 0.4) is 0 Å². The molecule has 1 fully saturated rings. The quantitative estimate of drug-likeness (QED) is 0.597. The second-order valence-corrected chi connectivity index (χ2v) is 8.22. The fourth-order valence-electron chi connectivity index (χ4n) is 4.51. The number of aromatic amines is 1. The molecule has 6 heteroatoms. The molecular formula is C26H26N4O2. The lowest BCUT2D eigenvalue weighted by Gasteiger charge is -2.39. The number of allylic oxidation sites excluding steroid dienone is 1. The predicted molar refractivity (Wildman–Crippen MR) is 128 cm³/mol. The summed E-state index contributed by atoms with van der Waals surface area (Å²) in [6, 6.07) is 13.4. The van der Waals surface area contributed by atoms with Gasteiger partial charge in [-0.25, -0.2) is 0 Å². The van der Waals surface area contributed by atoms with Crippen LogP contribution in [-0.4, -0.2) is 16.9 Å². The van der Waals surface area contributed by atoms with Crippen molar-refractivity contribution in [2.75, 3.05) is 10.2 Å². The number of anilines is 2. The zero-order valence-electron chi connectivity index (χ0n) is 18.4. The second kappa shape index (κ2) is 8.72. The molecule has 2 aromatic carbocycles. The number of aryl methyl sites for hydroxylation is 1. The summed E-state index contributed by atoms with van der Waals surface area (Å²) >= 11 is 0. The van der Waals surface area contributed by atoms with Crippen molar-refractivity contribution in [1.29, 1.82) is 5.26 Å². The lowest BCUT2D eigenvalue weighted by molar-refractivity contribution is 0.102. The van der Waals surface area contributed by atoms with Crippen molar-refractivity contribution < 1.29 is 4.79 Å². The molecule has 1 atom stereocenters. The molecule has 162 valence electrons. The SMILES string of the molecule is C=C1CCCC(CC)N1c1ccc(NC(=O)c2c[nH]c3cccc(C)c3c2=O)c(C#N)c1. The van der Waals surface area contributed by atoms with Crippen LogP contribution in [0.15, 0.2) is 59.7 Å². The van der Waals surface area contributed by atoms with Gasteiger partial charge in [0.2, 0.25) is 5.43 Å². The van der Waals surface area contributed by atoms with E-state index in [9.17, 15) is 14.9 Å². The van der Waals surface area contributed by atoms with Gasteiger partial charge in [-0.3, -0.25) is 9.59 Å². The van der Waals surface area contributed by atoms with Gasteiger partial charge in [0, 0.05) is 34.5 Å². The third-order valence-electron chi connectivity index (χ3n) is 6.19. The van der Waals surface area contributed by atoms with Gasteiger partial charge in [-0.05, 0) is 62.4 Å². The van der Waals surface area contributed by atoms with Gasteiger partial charge in [-0.1, -0.05) is 25.6 Å². The van der Waals surface area contributed by atoms with Crippen LogP contribution < -0.4 is 15.6 Å². The zero-order chi connectivity index (χ0) is 22.8. The van der Waals surface area contributed by atoms with E-state index in [4.69, 9.17) is 0 Å². The fraction of sp³-hybridized carbons (Fsp3) is 0.269. The summed E-state index contributed by atoms with van der Waals surface area (Å²) in [4.78, 5) is 31.1. The van der Waals surface area contributed by atoms with Crippen molar-refractivity contribution in [2.45, 2.75) is 45.6 Å². The van der Waals surface area contributed by atoms with Gasteiger partial charge < -0.3 is 15.2 Å². The number of hydrogen-bond acceptors (Lipinski definition) is 4. The first kappa shape index (κ1) is 21.4. The van der Waals surface area contributed by atoms with Gasteiger partial charge in [-0.15, -0.1) is 0 Å². The molecule has 3 aromatic rings. The Hall–Kier alpha value is -3.85.